The number of nitrogens with one attached hydrogen (secondary N) is 1. The van der Waals surface area contributed by atoms with Gasteiger partial charge in [0.05, 0.1) is 0 Å². The molecule has 0 aromatic heterocycles. The Labute approximate surface area is 130 Å². The summed E-state index contributed by atoms with van der Waals surface area (Å²) >= 11 is 1.72. The van der Waals surface area contributed by atoms with Gasteiger partial charge in [0.25, 0.3) is 0 Å². The van der Waals surface area contributed by atoms with Gasteiger partial charge < -0.3 is 10.1 Å². The smallest absolute Gasteiger partial charge is 0.136 e. The van der Waals surface area contributed by atoms with Crippen molar-refractivity contribution in [3.05, 3.63) is 60.2 Å². The van der Waals surface area contributed by atoms with E-state index in [2.05, 4.69) is 54.0 Å². The first-order chi connectivity index (χ1) is 10.4. The minimum Gasteiger partial charge on any atom is -0.483 e. The van der Waals surface area contributed by atoms with E-state index in [9.17, 15) is 0 Å². The third-order valence-corrected chi connectivity index (χ3v) is 4.46. The van der Waals surface area contributed by atoms with Crippen molar-refractivity contribution in [1.82, 2.24) is 5.32 Å². The fourth-order valence-electron chi connectivity index (χ4n) is 2.33. The maximum absolute atomic E-state index is 6.32. The summed E-state index contributed by atoms with van der Waals surface area (Å²) in [4.78, 5) is 1.19. The molecular weight excluding hydrogens is 278 g/mol. The predicted molar refractivity (Wildman–Crippen MR) is 89.1 cm³/mol. The van der Waals surface area contributed by atoms with E-state index in [1.54, 1.807) is 11.8 Å². The standard InChI is InChI=1S/C18H21NOS/c1-21-18-10-6-5-9-16(18)20-17(13-19-15-11-12-15)14-7-3-2-4-8-14/h2-10,15,17,19H,11-13H2,1H3. The molecule has 1 atom stereocenters. The highest BCUT2D eigenvalue weighted by molar-refractivity contribution is 7.98. The Kier molecular flexibility index (Phi) is 4.84. The van der Waals surface area contributed by atoms with Gasteiger partial charge in [0.15, 0.2) is 0 Å². The molecule has 3 heteroatoms. The molecule has 1 N–H and O–H groups in total. The molecular formula is C18H21NOS. The molecule has 1 aliphatic carbocycles. The van der Waals surface area contributed by atoms with Gasteiger partial charge in [-0.25, -0.2) is 0 Å². The summed E-state index contributed by atoms with van der Waals surface area (Å²) < 4.78 is 6.32. The van der Waals surface area contributed by atoms with Crippen LogP contribution in [0.5, 0.6) is 5.75 Å². The molecule has 3 rings (SSSR count). The zero-order chi connectivity index (χ0) is 14.5. The minimum absolute atomic E-state index is 0.0556. The zero-order valence-electron chi connectivity index (χ0n) is 12.3. The molecule has 21 heavy (non-hydrogen) atoms. The van der Waals surface area contributed by atoms with Crippen LogP contribution in [0.2, 0.25) is 0 Å². The Morgan fingerprint density at radius 3 is 2.52 bits per heavy atom. The Morgan fingerprint density at radius 2 is 1.81 bits per heavy atom. The Balaban J connectivity index is 1.77. The van der Waals surface area contributed by atoms with E-state index in [0.717, 1.165) is 12.3 Å². The lowest BCUT2D eigenvalue weighted by Gasteiger charge is -2.21. The lowest BCUT2D eigenvalue weighted by molar-refractivity contribution is 0.196. The van der Waals surface area contributed by atoms with Crippen molar-refractivity contribution in [3.63, 3.8) is 0 Å². The van der Waals surface area contributed by atoms with Gasteiger partial charge in [0.1, 0.15) is 11.9 Å². The second-order valence-electron chi connectivity index (χ2n) is 5.35. The fraction of sp³-hybridized carbons (Fsp3) is 0.333. The quantitative estimate of drug-likeness (QED) is 0.771. The largest absolute Gasteiger partial charge is 0.483 e. The highest BCUT2D eigenvalue weighted by Gasteiger charge is 2.23. The number of hydrogen-bond donors (Lipinski definition) is 1. The summed E-state index contributed by atoms with van der Waals surface area (Å²) in [6.45, 7) is 0.859. The van der Waals surface area contributed by atoms with Crippen LogP contribution in [0.4, 0.5) is 0 Å². The normalized spacial score (nSPS) is 15.7. The highest BCUT2D eigenvalue weighted by Crippen LogP contribution is 2.31. The lowest BCUT2D eigenvalue weighted by atomic mass is 10.1. The van der Waals surface area contributed by atoms with Crippen LogP contribution in [0.15, 0.2) is 59.5 Å². The van der Waals surface area contributed by atoms with Gasteiger partial charge in [-0.3, -0.25) is 0 Å². The minimum atomic E-state index is 0.0556. The Morgan fingerprint density at radius 1 is 1.10 bits per heavy atom. The van der Waals surface area contributed by atoms with Crippen LogP contribution in [0, 0.1) is 0 Å². The summed E-state index contributed by atoms with van der Waals surface area (Å²) in [6, 6.07) is 19.4. The van der Waals surface area contributed by atoms with Crippen LogP contribution in [0.3, 0.4) is 0 Å². The molecule has 1 unspecified atom stereocenters. The second kappa shape index (κ2) is 7.01. The third-order valence-electron chi connectivity index (χ3n) is 3.68. The predicted octanol–water partition coefficient (Wildman–Crippen LogP) is 4.28. The van der Waals surface area contributed by atoms with Gasteiger partial charge in [-0.1, -0.05) is 42.5 Å². The van der Waals surface area contributed by atoms with Crippen molar-refractivity contribution in [2.75, 3.05) is 12.8 Å². The average Bonchev–Trinajstić information content (AvgIpc) is 3.37. The van der Waals surface area contributed by atoms with E-state index >= 15 is 0 Å². The van der Waals surface area contributed by atoms with E-state index in [0.29, 0.717) is 6.04 Å². The number of benzene rings is 2. The van der Waals surface area contributed by atoms with E-state index < -0.39 is 0 Å². The number of ether oxygens (including phenoxy) is 1. The van der Waals surface area contributed by atoms with Crippen molar-refractivity contribution in [3.8, 4) is 5.75 Å². The van der Waals surface area contributed by atoms with Crippen LogP contribution in [0.25, 0.3) is 0 Å². The summed E-state index contributed by atoms with van der Waals surface area (Å²) in [7, 11) is 0. The first-order valence-corrected chi connectivity index (χ1v) is 8.67. The summed E-state index contributed by atoms with van der Waals surface area (Å²) in [6.07, 6.45) is 4.73. The molecule has 0 bridgehead atoms. The van der Waals surface area contributed by atoms with Gasteiger partial charge in [-0.15, -0.1) is 11.8 Å². The zero-order valence-corrected chi connectivity index (χ0v) is 13.1. The Bertz CT molecular complexity index is 568. The van der Waals surface area contributed by atoms with Crippen LogP contribution < -0.4 is 10.1 Å². The summed E-state index contributed by atoms with van der Waals surface area (Å²) in [5.41, 5.74) is 1.22. The third kappa shape index (κ3) is 4.02. The van der Waals surface area contributed by atoms with Gasteiger partial charge >= 0.3 is 0 Å². The molecule has 1 fully saturated rings. The molecule has 2 aromatic rings. The first kappa shape index (κ1) is 14.5. The highest BCUT2D eigenvalue weighted by atomic mass is 32.2. The topological polar surface area (TPSA) is 21.3 Å². The van der Waals surface area contributed by atoms with Gasteiger partial charge in [-0.2, -0.15) is 0 Å². The molecule has 0 radical (unpaired) electrons. The van der Waals surface area contributed by atoms with Gasteiger partial charge in [-0.05, 0) is 36.8 Å². The maximum atomic E-state index is 6.32. The molecule has 2 aromatic carbocycles. The lowest BCUT2D eigenvalue weighted by Crippen LogP contribution is -2.26. The molecule has 0 heterocycles. The van der Waals surface area contributed by atoms with Gasteiger partial charge in [0.2, 0.25) is 0 Å². The SMILES string of the molecule is CSc1ccccc1OC(CNC1CC1)c1ccccc1. The maximum Gasteiger partial charge on any atom is 0.136 e. The van der Waals surface area contributed by atoms with Crippen molar-refractivity contribution in [1.29, 1.82) is 0 Å². The molecule has 0 saturated heterocycles. The van der Waals surface area contributed by atoms with E-state index in [1.807, 2.05) is 12.1 Å². The van der Waals surface area contributed by atoms with Crippen molar-refractivity contribution in [2.24, 2.45) is 0 Å². The average molecular weight is 299 g/mol. The number of para-hydroxylation sites is 1. The number of hydrogen-bond acceptors (Lipinski definition) is 3. The molecule has 0 amide bonds. The summed E-state index contributed by atoms with van der Waals surface area (Å²) in [5, 5.41) is 3.58. The molecule has 2 nitrogen and oxygen atoms in total. The van der Waals surface area contributed by atoms with Crippen LogP contribution in [-0.4, -0.2) is 18.8 Å². The van der Waals surface area contributed by atoms with Crippen molar-refractivity contribution < 1.29 is 4.74 Å². The molecule has 1 aliphatic rings. The van der Waals surface area contributed by atoms with Crippen LogP contribution >= 0.6 is 11.8 Å². The monoisotopic (exact) mass is 299 g/mol. The van der Waals surface area contributed by atoms with E-state index in [1.165, 1.54) is 23.3 Å². The molecule has 110 valence electrons. The molecule has 1 saturated carbocycles. The number of rotatable bonds is 7. The fourth-order valence-corrected chi connectivity index (χ4v) is 2.86. The van der Waals surface area contributed by atoms with Crippen molar-refractivity contribution >= 4 is 11.8 Å². The summed E-state index contributed by atoms with van der Waals surface area (Å²) in [5.74, 6) is 0.969. The number of thioether (sulfide) groups is 1. The van der Waals surface area contributed by atoms with Crippen LogP contribution in [-0.2, 0) is 0 Å². The Hall–Kier alpha value is -1.45. The van der Waals surface area contributed by atoms with Crippen LogP contribution in [0.1, 0.15) is 24.5 Å². The molecule has 0 spiro atoms. The first-order valence-electron chi connectivity index (χ1n) is 7.45. The second-order valence-corrected chi connectivity index (χ2v) is 6.20. The van der Waals surface area contributed by atoms with E-state index in [-0.39, 0.29) is 6.10 Å². The van der Waals surface area contributed by atoms with E-state index in [4.69, 9.17) is 4.74 Å². The van der Waals surface area contributed by atoms with Crippen molar-refractivity contribution in [2.45, 2.75) is 29.9 Å². The van der Waals surface area contributed by atoms with Gasteiger partial charge in [0, 0.05) is 17.5 Å². The molecule has 0 aliphatic heterocycles.